The number of hydrogen-bond acceptors (Lipinski definition) is 3. The minimum Gasteiger partial charge on any atom is -0.491 e. The van der Waals surface area contributed by atoms with Crippen LogP contribution in [0.1, 0.15) is 29.6 Å². The van der Waals surface area contributed by atoms with Crippen molar-refractivity contribution in [2.45, 2.75) is 19.3 Å². The summed E-state index contributed by atoms with van der Waals surface area (Å²) in [6.45, 7) is 0.174. The molecule has 0 saturated heterocycles. The van der Waals surface area contributed by atoms with Crippen molar-refractivity contribution in [1.82, 2.24) is 0 Å². The van der Waals surface area contributed by atoms with Gasteiger partial charge < -0.3 is 14.9 Å². The van der Waals surface area contributed by atoms with Crippen molar-refractivity contribution in [1.29, 1.82) is 0 Å². The number of carboxylic acid groups (broad SMARTS) is 2. The largest absolute Gasteiger partial charge is 0.491 e. The molecule has 19 heavy (non-hydrogen) atoms. The third-order valence-electron chi connectivity index (χ3n) is 2.30. The zero-order valence-corrected chi connectivity index (χ0v) is 11.4. The zero-order valence-electron chi connectivity index (χ0n) is 9.86. The van der Waals surface area contributed by atoms with Crippen LogP contribution in [0.3, 0.4) is 0 Å². The fourth-order valence-corrected chi connectivity index (χ4v) is 1.87. The van der Waals surface area contributed by atoms with Crippen LogP contribution in [-0.2, 0) is 4.79 Å². The Morgan fingerprint density at radius 1 is 1.11 bits per heavy atom. The maximum atomic E-state index is 11.1. The quantitative estimate of drug-likeness (QED) is 0.755. The normalized spacial score (nSPS) is 10.2. The predicted octanol–water partition coefficient (Wildman–Crippen LogP) is 3.33. The molecule has 0 atom stereocenters. The van der Waals surface area contributed by atoms with Gasteiger partial charge in [-0.2, -0.15) is 0 Å². The highest BCUT2D eigenvalue weighted by atomic mass is 35.5. The first-order chi connectivity index (χ1) is 8.93. The second-order valence-electron chi connectivity index (χ2n) is 3.74. The fourth-order valence-electron chi connectivity index (χ4n) is 1.43. The van der Waals surface area contributed by atoms with Crippen LogP contribution in [0.25, 0.3) is 0 Å². The minimum absolute atomic E-state index is 0.0111. The summed E-state index contributed by atoms with van der Waals surface area (Å²) >= 11 is 11.6. The van der Waals surface area contributed by atoms with E-state index in [2.05, 4.69) is 0 Å². The molecule has 0 heterocycles. The molecular weight excluding hydrogens is 295 g/mol. The molecule has 0 aliphatic rings. The molecule has 0 aliphatic carbocycles. The first kappa shape index (κ1) is 15.6. The standard InChI is InChI=1S/C12H12Cl2O5/c13-7-4-5-8(14)11(10(7)12(17)18)19-6-2-1-3-9(15)16/h4-5H,1-3,6H2,(H,15,16)(H,17,18). The summed E-state index contributed by atoms with van der Waals surface area (Å²) in [6.07, 6.45) is 0.961. The molecule has 0 unspecified atom stereocenters. The molecule has 0 bridgehead atoms. The van der Waals surface area contributed by atoms with Gasteiger partial charge in [-0.05, 0) is 25.0 Å². The highest BCUT2D eigenvalue weighted by molar-refractivity contribution is 6.36. The maximum Gasteiger partial charge on any atom is 0.341 e. The molecule has 7 heteroatoms. The van der Waals surface area contributed by atoms with Crippen LogP contribution >= 0.6 is 23.2 Å². The van der Waals surface area contributed by atoms with Crippen LogP contribution in [0.15, 0.2) is 12.1 Å². The van der Waals surface area contributed by atoms with Gasteiger partial charge in [-0.1, -0.05) is 23.2 Å². The summed E-state index contributed by atoms with van der Waals surface area (Å²) < 4.78 is 5.30. The number of aliphatic carboxylic acids is 1. The molecule has 0 spiro atoms. The lowest BCUT2D eigenvalue weighted by Gasteiger charge is -2.11. The molecular formula is C12H12Cl2O5. The molecule has 0 fully saturated rings. The summed E-state index contributed by atoms with van der Waals surface area (Å²) in [6, 6.07) is 2.83. The summed E-state index contributed by atoms with van der Waals surface area (Å²) in [5, 5.41) is 17.7. The van der Waals surface area contributed by atoms with Crippen LogP contribution in [-0.4, -0.2) is 28.8 Å². The van der Waals surface area contributed by atoms with Gasteiger partial charge in [-0.15, -0.1) is 0 Å². The van der Waals surface area contributed by atoms with E-state index in [1.165, 1.54) is 12.1 Å². The van der Waals surface area contributed by atoms with Crippen molar-refractivity contribution in [3.63, 3.8) is 0 Å². The summed E-state index contributed by atoms with van der Waals surface area (Å²) in [5.41, 5.74) is -0.188. The van der Waals surface area contributed by atoms with Crippen molar-refractivity contribution >= 4 is 35.1 Å². The number of carbonyl (C=O) groups is 2. The van der Waals surface area contributed by atoms with Gasteiger partial charge in [0.2, 0.25) is 0 Å². The Balaban J connectivity index is 2.69. The Labute approximate surface area is 119 Å². The Morgan fingerprint density at radius 2 is 1.74 bits per heavy atom. The van der Waals surface area contributed by atoms with E-state index in [4.69, 9.17) is 38.2 Å². The van der Waals surface area contributed by atoms with Gasteiger partial charge in [0.25, 0.3) is 0 Å². The Morgan fingerprint density at radius 3 is 2.32 bits per heavy atom. The lowest BCUT2D eigenvalue weighted by Crippen LogP contribution is -2.06. The van der Waals surface area contributed by atoms with E-state index in [1.807, 2.05) is 0 Å². The molecule has 0 aliphatic heterocycles. The van der Waals surface area contributed by atoms with Gasteiger partial charge in [0.15, 0.2) is 5.75 Å². The average molecular weight is 307 g/mol. The Kier molecular flexibility index (Phi) is 5.92. The molecule has 2 N–H and O–H groups in total. The van der Waals surface area contributed by atoms with Crippen molar-refractivity contribution in [3.8, 4) is 5.75 Å². The predicted molar refractivity (Wildman–Crippen MR) is 70.4 cm³/mol. The van der Waals surface area contributed by atoms with Gasteiger partial charge in [0, 0.05) is 6.42 Å². The van der Waals surface area contributed by atoms with E-state index in [1.54, 1.807) is 0 Å². The van der Waals surface area contributed by atoms with E-state index >= 15 is 0 Å². The first-order valence-corrected chi connectivity index (χ1v) is 6.25. The molecule has 1 aromatic carbocycles. The van der Waals surface area contributed by atoms with E-state index in [0.717, 1.165) is 0 Å². The number of unbranched alkanes of at least 4 members (excludes halogenated alkanes) is 1. The number of carboxylic acids is 2. The average Bonchev–Trinajstić information content (AvgIpc) is 2.32. The molecule has 0 saturated carbocycles. The van der Waals surface area contributed by atoms with Crippen LogP contribution in [0.2, 0.25) is 10.0 Å². The van der Waals surface area contributed by atoms with Crippen LogP contribution in [0, 0.1) is 0 Å². The van der Waals surface area contributed by atoms with Crippen molar-refractivity contribution < 1.29 is 24.5 Å². The highest BCUT2D eigenvalue weighted by Crippen LogP contribution is 2.34. The van der Waals surface area contributed by atoms with Crippen molar-refractivity contribution in [2.75, 3.05) is 6.61 Å². The van der Waals surface area contributed by atoms with E-state index in [9.17, 15) is 9.59 Å². The van der Waals surface area contributed by atoms with Crippen molar-refractivity contribution in [3.05, 3.63) is 27.7 Å². The first-order valence-electron chi connectivity index (χ1n) is 5.49. The van der Waals surface area contributed by atoms with Gasteiger partial charge >= 0.3 is 11.9 Å². The Bertz CT molecular complexity index is 487. The molecule has 0 aromatic heterocycles. The van der Waals surface area contributed by atoms with Crippen molar-refractivity contribution in [2.24, 2.45) is 0 Å². The second-order valence-corrected chi connectivity index (χ2v) is 4.55. The third kappa shape index (κ3) is 4.61. The molecule has 0 amide bonds. The lowest BCUT2D eigenvalue weighted by atomic mass is 10.2. The number of ether oxygens (including phenoxy) is 1. The monoisotopic (exact) mass is 306 g/mol. The lowest BCUT2D eigenvalue weighted by molar-refractivity contribution is -0.137. The molecule has 104 valence electrons. The summed E-state index contributed by atoms with van der Waals surface area (Å²) in [4.78, 5) is 21.4. The number of aromatic carboxylic acids is 1. The molecule has 1 rings (SSSR count). The van der Waals surface area contributed by atoms with Crippen LogP contribution in [0.5, 0.6) is 5.75 Å². The van der Waals surface area contributed by atoms with Gasteiger partial charge in [0.1, 0.15) is 5.56 Å². The molecule has 1 aromatic rings. The number of benzene rings is 1. The van der Waals surface area contributed by atoms with E-state index in [-0.39, 0.29) is 34.4 Å². The van der Waals surface area contributed by atoms with Gasteiger partial charge in [-0.3, -0.25) is 4.79 Å². The fraction of sp³-hybridized carbons (Fsp3) is 0.333. The zero-order chi connectivity index (χ0) is 14.4. The number of rotatable bonds is 7. The van der Waals surface area contributed by atoms with Gasteiger partial charge in [0.05, 0.1) is 16.7 Å². The topological polar surface area (TPSA) is 83.8 Å². The van der Waals surface area contributed by atoms with Gasteiger partial charge in [-0.25, -0.2) is 4.79 Å². The second kappa shape index (κ2) is 7.21. The number of halogens is 2. The summed E-state index contributed by atoms with van der Waals surface area (Å²) in [7, 11) is 0. The smallest absolute Gasteiger partial charge is 0.341 e. The van der Waals surface area contributed by atoms with E-state index < -0.39 is 11.9 Å². The van der Waals surface area contributed by atoms with Crippen LogP contribution < -0.4 is 4.74 Å². The third-order valence-corrected chi connectivity index (χ3v) is 2.92. The maximum absolute atomic E-state index is 11.1. The Hall–Kier alpha value is -1.46. The van der Waals surface area contributed by atoms with E-state index in [0.29, 0.717) is 12.8 Å². The number of hydrogen-bond donors (Lipinski definition) is 2. The van der Waals surface area contributed by atoms with Crippen LogP contribution in [0.4, 0.5) is 0 Å². The highest BCUT2D eigenvalue weighted by Gasteiger charge is 2.19. The molecule has 0 radical (unpaired) electrons. The minimum atomic E-state index is -1.23. The molecule has 5 nitrogen and oxygen atoms in total. The summed E-state index contributed by atoms with van der Waals surface area (Å²) in [5.74, 6) is -2.10. The SMILES string of the molecule is O=C(O)CCCCOc1c(Cl)ccc(Cl)c1C(=O)O.